The van der Waals surface area contributed by atoms with Crippen LogP contribution in [0.5, 0.6) is 0 Å². The molecule has 6 nitrogen and oxygen atoms in total. The lowest BCUT2D eigenvalue weighted by Crippen LogP contribution is -2.52. The molecule has 1 aromatic rings. The molecule has 2 heterocycles. The van der Waals surface area contributed by atoms with Gasteiger partial charge in [-0.25, -0.2) is 0 Å². The van der Waals surface area contributed by atoms with Crippen molar-refractivity contribution in [2.45, 2.75) is 6.04 Å². The van der Waals surface area contributed by atoms with Gasteiger partial charge in [0, 0.05) is 59.1 Å². The van der Waals surface area contributed by atoms with Gasteiger partial charge in [0.1, 0.15) is 6.04 Å². The first kappa shape index (κ1) is 17.2. The van der Waals surface area contributed by atoms with Crippen LogP contribution in [0.15, 0.2) is 24.3 Å². The van der Waals surface area contributed by atoms with E-state index < -0.39 is 0 Å². The van der Waals surface area contributed by atoms with E-state index in [1.54, 1.807) is 0 Å². The molecule has 1 N–H and O–H groups in total. The molecule has 1 aromatic carbocycles. The molecule has 132 valence electrons. The van der Waals surface area contributed by atoms with E-state index in [0.717, 1.165) is 37.4 Å². The van der Waals surface area contributed by atoms with Gasteiger partial charge in [-0.3, -0.25) is 9.69 Å². The predicted molar refractivity (Wildman–Crippen MR) is 95.4 cm³/mol. The van der Waals surface area contributed by atoms with Crippen molar-refractivity contribution in [3.8, 4) is 0 Å². The Morgan fingerprint density at radius 1 is 1.08 bits per heavy atom. The third kappa shape index (κ3) is 3.88. The van der Waals surface area contributed by atoms with Crippen molar-refractivity contribution >= 4 is 11.6 Å². The summed E-state index contributed by atoms with van der Waals surface area (Å²) in [4.78, 5) is 19.6. The average molecular weight is 332 g/mol. The number of hydrogen-bond acceptors (Lipinski definition) is 5. The van der Waals surface area contributed by atoms with E-state index in [2.05, 4.69) is 39.4 Å². The topological polar surface area (TPSA) is 48.1 Å². The van der Waals surface area contributed by atoms with Gasteiger partial charge in [-0.15, -0.1) is 0 Å². The number of amides is 1. The van der Waals surface area contributed by atoms with Crippen LogP contribution in [0, 0.1) is 0 Å². The van der Waals surface area contributed by atoms with Crippen LogP contribution in [0.25, 0.3) is 0 Å². The fraction of sp³-hybridized carbons (Fsp3) is 0.611. The summed E-state index contributed by atoms with van der Waals surface area (Å²) in [6.45, 7) is 6.32. The summed E-state index contributed by atoms with van der Waals surface area (Å²) in [6, 6.07) is 8.19. The Kier molecular flexibility index (Phi) is 5.71. The maximum atomic E-state index is 13.2. The van der Waals surface area contributed by atoms with E-state index in [4.69, 9.17) is 4.74 Å². The third-order valence-corrected chi connectivity index (χ3v) is 4.80. The Labute approximate surface area is 144 Å². The number of ether oxygens (including phenoxy) is 1. The van der Waals surface area contributed by atoms with Gasteiger partial charge in [-0.2, -0.15) is 0 Å². The number of morpholine rings is 1. The number of nitrogens with zero attached hydrogens (tertiary/aromatic N) is 3. The van der Waals surface area contributed by atoms with Crippen LogP contribution in [0.1, 0.15) is 11.6 Å². The van der Waals surface area contributed by atoms with Crippen LogP contribution >= 0.6 is 0 Å². The van der Waals surface area contributed by atoms with E-state index in [1.165, 1.54) is 0 Å². The number of nitrogens with one attached hydrogen (secondary N) is 1. The smallest absolute Gasteiger partial charge is 0.244 e. The van der Waals surface area contributed by atoms with Crippen LogP contribution in [0.2, 0.25) is 0 Å². The van der Waals surface area contributed by atoms with Gasteiger partial charge in [0.15, 0.2) is 0 Å². The Balaban J connectivity index is 1.84. The number of benzene rings is 1. The van der Waals surface area contributed by atoms with Gasteiger partial charge in [0.05, 0.1) is 13.2 Å². The zero-order valence-electron chi connectivity index (χ0n) is 14.7. The molecule has 0 radical (unpaired) electrons. The van der Waals surface area contributed by atoms with E-state index >= 15 is 0 Å². The lowest BCUT2D eigenvalue weighted by Gasteiger charge is -2.38. The number of rotatable bonds is 4. The Morgan fingerprint density at radius 2 is 1.71 bits per heavy atom. The molecule has 0 aliphatic carbocycles. The van der Waals surface area contributed by atoms with Gasteiger partial charge < -0.3 is 19.9 Å². The average Bonchev–Trinajstić information content (AvgIpc) is 2.64. The number of carbonyl (C=O) groups is 1. The molecule has 2 saturated heterocycles. The first-order chi connectivity index (χ1) is 11.7. The Hall–Kier alpha value is -1.63. The summed E-state index contributed by atoms with van der Waals surface area (Å²) >= 11 is 0. The molecule has 0 aromatic heterocycles. The molecule has 3 rings (SSSR count). The van der Waals surface area contributed by atoms with E-state index in [9.17, 15) is 4.79 Å². The van der Waals surface area contributed by atoms with Crippen LogP contribution in [0.4, 0.5) is 5.69 Å². The highest BCUT2D eigenvalue weighted by molar-refractivity contribution is 5.83. The molecule has 0 bridgehead atoms. The second-order valence-electron chi connectivity index (χ2n) is 6.61. The SMILES string of the molecule is CN(C)c1ccc(C(C(=O)N2CCOCC2)N2CCNCC2)cc1. The fourth-order valence-electron chi connectivity index (χ4n) is 3.36. The molecule has 0 spiro atoms. The minimum Gasteiger partial charge on any atom is -0.378 e. The number of piperazine rings is 1. The van der Waals surface area contributed by atoms with Crippen LogP contribution in [-0.4, -0.2) is 82.3 Å². The quantitative estimate of drug-likeness (QED) is 0.873. The Bertz CT molecular complexity index is 534. The first-order valence-corrected chi connectivity index (χ1v) is 8.75. The van der Waals surface area contributed by atoms with Crippen molar-refractivity contribution in [3.05, 3.63) is 29.8 Å². The van der Waals surface area contributed by atoms with Crippen molar-refractivity contribution in [1.82, 2.24) is 15.1 Å². The van der Waals surface area contributed by atoms with Crippen molar-refractivity contribution in [2.24, 2.45) is 0 Å². The summed E-state index contributed by atoms with van der Waals surface area (Å²) in [5.74, 6) is 0.206. The van der Waals surface area contributed by atoms with Crippen LogP contribution in [0.3, 0.4) is 0 Å². The third-order valence-electron chi connectivity index (χ3n) is 4.80. The highest BCUT2D eigenvalue weighted by atomic mass is 16.5. The second-order valence-corrected chi connectivity index (χ2v) is 6.61. The normalized spacial score (nSPS) is 20.7. The van der Waals surface area contributed by atoms with E-state index in [1.807, 2.05) is 19.0 Å². The fourth-order valence-corrected chi connectivity index (χ4v) is 3.36. The summed E-state index contributed by atoms with van der Waals surface area (Å²) < 4.78 is 5.40. The molecule has 1 amide bonds. The van der Waals surface area contributed by atoms with Gasteiger partial charge in [-0.05, 0) is 17.7 Å². The highest BCUT2D eigenvalue weighted by Crippen LogP contribution is 2.26. The number of anilines is 1. The number of hydrogen-bond donors (Lipinski definition) is 1. The van der Waals surface area contributed by atoms with Gasteiger partial charge in [0.25, 0.3) is 0 Å². The number of carbonyl (C=O) groups excluding carboxylic acids is 1. The van der Waals surface area contributed by atoms with Gasteiger partial charge in [0.2, 0.25) is 5.91 Å². The van der Waals surface area contributed by atoms with Crippen molar-refractivity contribution in [2.75, 3.05) is 71.5 Å². The predicted octanol–water partition coefficient (Wildman–Crippen LogP) is 0.558. The minimum absolute atomic E-state index is 0.193. The van der Waals surface area contributed by atoms with Crippen LogP contribution < -0.4 is 10.2 Å². The van der Waals surface area contributed by atoms with Crippen molar-refractivity contribution in [3.63, 3.8) is 0 Å². The molecule has 2 fully saturated rings. The summed E-state index contributed by atoms with van der Waals surface area (Å²) in [6.07, 6.45) is 0. The van der Waals surface area contributed by atoms with Gasteiger partial charge >= 0.3 is 0 Å². The maximum absolute atomic E-state index is 13.2. The second kappa shape index (κ2) is 7.96. The maximum Gasteiger partial charge on any atom is 0.244 e. The summed E-state index contributed by atoms with van der Waals surface area (Å²) in [5, 5.41) is 3.37. The van der Waals surface area contributed by atoms with Gasteiger partial charge in [-0.1, -0.05) is 12.1 Å². The molecular weight excluding hydrogens is 304 g/mol. The van der Waals surface area contributed by atoms with E-state index in [-0.39, 0.29) is 11.9 Å². The van der Waals surface area contributed by atoms with Crippen molar-refractivity contribution in [1.29, 1.82) is 0 Å². The van der Waals surface area contributed by atoms with E-state index in [0.29, 0.717) is 26.3 Å². The molecule has 1 atom stereocenters. The van der Waals surface area contributed by atoms with Crippen LogP contribution in [-0.2, 0) is 9.53 Å². The molecule has 0 saturated carbocycles. The monoisotopic (exact) mass is 332 g/mol. The molecule has 24 heavy (non-hydrogen) atoms. The summed E-state index contributed by atoms with van der Waals surface area (Å²) in [7, 11) is 4.06. The zero-order chi connectivity index (χ0) is 16.9. The zero-order valence-corrected chi connectivity index (χ0v) is 14.7. The largest absolute Gasteiger partial charge is 0.378 e. The molecule has 1 unspecified atom stereocenters. The minimum atomic E-state index is -0.193. The summed E-state index contributed by atoms with van der Waals surface area (Å²) in [5.41, 5.74) is 2.23. The first-order valence-electron chi connectivity index (χ1n) is 8.75. The Morgan fingerprint density at radius 3 is 2.29 bits per heavy atom. The molecule has 2 aliphatic rings. The lowest BCUT2D eigenvalue weighted by molar-refractivity contribution is -0.141. The van der Waals surface area contributed by atoms with Crippen molar-refractivity contribution < 1.29 is 9.53 Å². The molecule has 2 aliphatic heterocycles. The molecule has 6 heteroatoms. The lowest BCUT2D eigenvalue weighted by atomic mass is 10.0. The highest BCUT2D eigenvalue weighted by Gasteiger charge is 2.32. The standard InChI is InChI=1S/C18H28N4O2/c1-20(2)16-5-3-15(4-6-16)17(21-9-7-19-8-10-21)18(23)22-11-13-24-14-12-22/h3-6,17,19H,7-14H2,1-2H3. The molecular formula is C18H28N4O2.